The Hall–Kier alpha value is -1.62. The van der Waals surface area contributed by atoms with Gasteiger partial charge in [0.05, 0.1) is 10.0 Å². The first-order valence-electron chi connectivity index (χ1n) is 5.73. The van der Waals surface area contributed by atoms with Gasteiger partial charge in [-0.25, -0.2) is 4.39 Å². The molecule has 1 heterocycles. The van der Waals surface area contributed by atoms with Crippen LogP contribution in [0.15, 0.2) is 27.1 Å². The molecule has 1 N–H and O–H groups in total. The molecule has 3 nitrogen and oxygen atoms in total. The summed E-state index contributed by atoms with van der Waals surface area (Å²) in [5, 5.41) is 2.73. The number of nitrogens with one attached hydrogen (secondary N) is 1. The fourth-order valence-electron chi connectivity index (χ4n) is 1.89. The molecule has 0 saturated heterocycles. The molecule has 1 aromatic carbocycles. The summed E-state index contributed by atoms with van der Waals surface area (Å²) in [6.07, 6.45) is 0. The van der Waals surface area contributed by atoms with Gasteiger partial charge >= 0.3 is 0 Å². The van der Waals surface area contributed by atoms with Crippen LogP contribution in [0, 0.1) is 26.6 Å². The summed E-state index contributed by atoms with van der Waals surface area (Å²) in [6, 6.07) is 4.32. The zero-order chi connectivity index (χ0) is 14.2. The summed E-state index contributed by atoms with van der Waals surface area (Å²) >= 11 is 3.08. The van der Waals surface area contributed by atoms with Crippen LogP contribution in [0.25, 0.3) is 0 Å². The van der Waals surface area contributed by atoms with E-state index in [2.05, 4.69) is 21.2 Å². The highest BCUT2D eigenvalue weighted by Gasteiger charge is 2.18. The van der Waals surface area contributed by atoms with Crippen LogP contribution in [0.4, 0.5) is 10.1 Å². The minimum absolute atomic E-state index is 0.259. The third-order valence-electron chi connectivity index (χ3n) is 2.97. The second-order valence-corrected chi connectivity index (χ2v) is 5.15. The third-order valence-corrected chi connectivity index (χ3v) is 3.57. The Bertz CT molecular complexity index is 649. The van der Waals surface area contributed by atoms with E-state index in [1.807, 2.05) is 13.8 Å². The summed E-state index contributed by atoms with van der Waals surface area (Å²) in [6.45, 7) is 5.39. The average Bonchev–Trinajstić information content (AvgIpc) is 2.58. The fraction of sp³-hybridized carbons (Fsp3) is 0.214. The Labute approximate surface area is 118 Å². The van der Waals surface area contributed by atoms with Gasteiger partial charge in [-0.2, -0.15) is 0 Å². The van der Waals surface area contributed by atoms with Gasteiger partial charge in [-0.1, -0.05) is 0 Å². The van der Waals surface area contributed by atoms with Crippen molar-refractivity contribution in [2.75, 3.05) is 5.32 Å². The predicted octanol–water partition coefficient (Wildman–Crippen LogP) is 4.36. The molecule has 0 spiro atoms. The minimum Gasteiger partial charge on any atom is -0.466 e. The quantitative estimate of drug-likeness (QED) is 0.891. The number of rotatable bonds is 2. The Morgan fingerprint density at radius 3 is 2.47 bits per heavy atom. The van der Waals surface area contributed by atoms with E-state index < -0.39 is 0 Å². The van der Waals surface area contributed by atoms with Gasteiger partial charge in [0.1, 0.15) is 17.3 Å². The van der Waals surface area contributed by atoms with Crippen LogP contribution in [0.5, 0.6) is 0 Å². The molecular weight excluding hydrogens is 313 g/mol. The molecule has 0 fully saturated rings. The molecule has 100 valence electrons. The maximum Gasteiger partial charge on any atom is 0.259 e. The van der Waals surface area contributed by atoms with E-state index in [1.54, 1.807) is 6.92 Å². The normalized spacial score (nSPS) is 10.6. The first-order valence-corrected chi connectivity index (χ1v) is 6.52. The molecule has 5 heteroatoms. The maximum atomic E-state index is 13.1. The van der Waals surface area contributed by atoms with Crippen LogP contribution in [-0.2, 0) is 0 Å². The van der Waals surface area contributed by atoms with Gasteiger partial charge in [0, 0.05) is 11.3 Å². The number of hydrogen-bond acceptors (Lipinski definition) is 2. The van der Waals surface area contributed by atoms with E-state index >= 15 is 0 Å². The first-order chi connectivity index (χ1) is 8.90. The van der Waals surface area contributed by atoms with Crippen molar-refractivity contribution >= 4 is 27.5 Å². The summed E-state index contributed by atoms with van der Waals surface area (Å²) in [7, 11) is 0. The van der Waals surface area contributed by atoms with Crippen molar-refractivity contribution in [3.8, 4) is 0 Å². The smallest absolute Gasteiger partial charge is 0.259 e. The largest absolute Gasteiger partial charge is 0.466 e. The van der Waals surface area contributed by atoms with Gasteiger partial charge in [-0.3, -0.25) is 4.79 Å². The second-order valence-electron chi connectivity index (χ2n) is 4.30. The summed E-state index contributed by atoms with van der Waals surface area (Å²) in [4.78, 5) is 12.2. The van der Waals surface area contributed by atoms with Gasteiger partial charge in [0.25, 0.3) is 5.91 Å². The molecule has 0 saturated carbocycles. The minimum atomic E-state index is -0.371. The number of halogens is 2. The third kappa shape index (κ3) is 2.71. The summed E-state index contributed by atoms with van der Waals surface area (Å²) < 4.78 is 18.8. The number of aryl methyl sites for hydroxylation is 2. The Kier molecular flexibility index (Phi) is 3.75. The topological polar surface area (TPSA) is 42.2 Å². The first kappa shape index (κ1) is 13.8. The van der Waals surface area contributed by atoms with Crippen molar-refractivity contribution in [3.63, 3.8) is 0 Å². The van der Waals surface area contributed by atoms with Gasteiger partial charge < -0.3 is 9.73 Å². The summed E-state index contributed by atoms with van der Waals surface area (Å²) in [5.41, 5.74) is 1.87. The van der Waals surface area contributed by atoms with Crippen LogP contribution in [-0.4, -0.2) is 5.91 Å². The molecule has 1 amide bonds. The second kappa shape index (κ2) is 5.17. The molecule has 0 atom stereocenters. The highest BCUT2D eigenvalue weighted by Crippen LogP contribution is 2.24. The van der Waals surface area contributed by atoms with Crippen molar-refractivity contribution in [1.29, 1.82) is 0 Å². The lowest BCUT2D eigenvalue weighted by molar-refractivity contribution is 0.102. The van der Waals surface area contributed by atoms with Crippen molar-refractivity contribution < 1.29 is 13.6 Å². The van der Waals surface area contributed by atoms with E-state index in [0.29, 0.717) is 21.5 Å². The molecule has 0 unspecified atom stereocenters. The fourth-order valence-corrected chi connectivity index (χ4v) is 2.27. The molecule has 0 aliphatic carbocycles. The van der Waals surface area contributed by atoms with E-state index in [9.17, 15) is 9.18 Å². The van der Waals surface area contributed by atoms with E-state index in [4.69, 9.17) is 4.42 Å². The van der Waals surface area contributed by atoms with Crippen molar-refractivity contribution in [2.24, 2.45) is 0 Å². The lowest BCUT2D eigenvalue weighted by Crippen LogP contribution is -2.13. The number of carbonyl (C=O) groups is 1. The number of benzene rings is 1. The Balaban J connectivity index is 2.28. The molecule has 0 radical (unpaired) electrons. The van der Waals surface area contributed by atoms with Crippen molar-refractivity contribution in [1.82, 2.24) is 0 Å². The summed E-state index contributed by atoms with van der Waals surface area (Å²) in [5.74, 6) is 0.673. The number of furan rings is 1. The average molecular weight is 326 g/mol. The Morgan fingerprint density at radius 2 is 1.95 bits per heavy atom. The van der Waals surface area contributed by atoms with Crippen LogP contribution < -0.4 is 5.32 Å². The van der Waals surface area contributed by atoms with E-state index in [-0.39, 0.29) is 11.7 Å². The highest BCUT2D eigenvalue weighted by molar-refractivity contribution is 9.10. The van der Waals surface area contributed by atoms with Gasteiger partial charge in [-0.05, 0) is 54.9 Å². The zero-order valence-corrected chi connectivity index (χ0v) is 12.4. The molecule has 1 aromatic heterocycles. The molecular formula is C14H13BrFNO2. The molecule has 0 aliphatic heterocycles. The molecule has 0 bridgehead atoms. The van der Waals surface area contributed by atoms with Crippen LogP contribution in [0.2, 0.25) is 0 Å². The maximum absolute atomic E-state index is 13.1. The van der Waals surface area contributed by atoms with Crippen LogP contribution >= 0.6 is 15.9 Å². The highest BCUT2D eigenvalue weighted by atomic mass is 79.9. The number of amides is 1. The number of hydrogen-bond donors (Lipinski definition) is 1. The molecule has 0 aliphatic rings. The van der Waals surface area contributed by atoms with Crippen LogP contribution in [0.3, 0.4) is 0 Å². The lowest BCUT2D eigenvalue weighted by Gasteiger charge is -2.06. The van der Waals surface area contributed by atoms with Gasteiger partial charge in [0.15, 0.2) is 0 Å². The SMILES string of the molecule is Cc1oc(C)c(C(=O)Nc2ccc(F)c(Br)c2)c1C. The standard InChI is InChI=1S/C14H13BrFNO2/c1-7-8(2)19-9(3)13(7)14(18)17-10-4-5-12(16)11(15)6-10/h4-6H,1-3H3,(H,17,18). The Morgan fingerprint density at radius 1 is 1.26 bits per heavy atom. The van der Waals surface area contributed by atoms with Crippen molar-refractivity contribution in [2.45, 2.75) is 20.8 Å². The van der Waals surface area contributed by atoms with E-state index in [1.165, 1.54) is 18.2 Å². The lowest BCUT2D eigenvalue weighted by atomic mass is 10.1. The number of anilines is 1. The van der Waals surface area contributed by atoms with Gasteiger partial charge in [-0.15, -0.1) is 0 Å². The molecule has 2 aromatic rings. The van der Waals surface area contributed by atoms with Gasteiger partial charge in [0.2, 0.25) is 0 Å². The zero-order valence-electron chi connectivity index (χ0n) is 10.8. The van der Waals surface area contributed by atoms with E-state index in [0.717, 1.165) is 11.3 Å². The monoisotopic (exact) mass is 325 g/mol. The molecule has 2 rings (SSSR count). The predicted molar refractivity (Wildman–Crippen MR) is 75.0 cm³/mol. The van der Waals surface area contributed by atoms with Crippen LogP contribution in [0.1, 0.15) is 27.4 Å². The molecule has 19 heavy (non-hydrogen) atoms. The van der Waals surface area contributed by atoms with Crippen molar-refractivity contribution in [3.05, 3.63) is 51.1 Å². The number of carbonyl (C=O) groups excluding carboxylic acids is 1.